The van der Waals surface area contributed by atoms with Gasteiger partial charge in [-0.05, 0) is 61.2 Å². The Morgan fingerprint density at radius 3 is 2.83 bits per heavy atom. The average molecular weight is 443 g/mol. The number of hydrogen-bond donors (Lipinski definition) is 0. The number of hydrogen-bond acceptors (Lipinski definition) is 6. The van der Waals surface area contributed by atoms with Crippen molar-refractivity contribution in [2.75, 3.05) is 20.8 Å². The third-order valence-electron chi connectivity index (χ3n) is 5.55. The van der Waals surface area contributed by atoms with E-state index in [0.29, 0.717) is 0 Å². The molecule has 1 aromatic carbocycles. The topological polar surface area (TPSA) is 51.7 Å². The molecule has 158 valence electrons. The van der Waals surface area contributed by atoms with Crippen LogP contribution in [0.2, 0.25) is 0 Å². The van der Waals surface area contributed by atoms with Crippen molar-refractivity contribution in [3.63, 3.8) is 0 Å². The monoisotopic (exact) mass is 442 g/mol. The fourth-order valence-electron chi connectivity index (χ4n) is 3.97. The minimum Gasteiger partial charge on any atom is -0.493 e. The summed E-state index contributed by atoms with van der Waals surface area (Å²) >= 11 is 3.15. The van der Waals surface area contributed by atoms with Crippen molar-refractivity contribution in [1.29, 1.82) is 0 Å². The number of rotatable bonds is 7. The van der Waals surface area contributed by atoms with Gasteiger partial charge in [-0.25, -0.2) is 4.98 Å². The zero-order valence-corrected chi connectivity index (χ0v) is 18.9. The van der Waals surface area contributed by atoms with Crippen LogP contribution in [0, 0.1) is 0 Å². The first-order chi connectivity index (χ1) is 14.7. The third kappa shape index (κ3) is 4.52. The lowest BCUT2D eigenvalue weighted by Crippen LogP contribution is -2.43. The molecule has 0 saturated carbocycles. The Hall–Kier alpha value is -2.38. The molecule has 3 heterocycles. The van der Waals surface area contributed by atoms with Gasteiger partial charge in [-0.15, -0.1) is 22.7 Å². The Bertz CT molecular complexity index is 984. The van der Waals surface area contributed by atoms with E-state index in [0.717, 1.165) is 58.5 Å². The zero-order valence-electron chi connectivity index (χ0n) is 17.3. The van der Waals surface area contributed by atoms with Crippen molar-refractivity contribution < 1.29 is 14.3 Å². The number of aryl methyl sites for hydroxylation is 1. The zero-order chi connectivity index (χ0) is 20.9. The molecule has 1 atom stereocenters. The summed E-state index contributed by atoms with van der Waals surface area (Å²) in [6.07, 6.45) is 6.87. The molecule has 0 bridgehead atoms. The number of thiazole rings is 1. The number of amides is 1. The summed E-state index contributed by atoms with van der Waals surface area (Å²) in [4.78, 5) is 21.6. The number of carbonyl (C=O) groups is 1. The fraction of sp³-hybridized carbons (Fsp3) is 0.391. The summed E-state index contributed by atoms with van der Waals surface area (Å²) < 4.78 is 10.8. The number of benzene rings is 1. The maximum absolute atomic E-state index is 13.3. The number of methoxy groups -OCH3 is 2. The molecule has 3 aromatic rings. The second-order valence-electron chi connectivity index (χ2n) is 7.38. The predicted molar refractivity (Wildman–Crippen MR) is 122 cm³/mol. The fourth-order valence-corrected chi connectivity index (χ4v) is 5.64. The lowest BCUT2D eigenvalue weighted by atomic mass is 9.95. The van der Waals surface area contributed by atoms with Crippen LogP contribution in [0.4, 0.5) is 0 Å². The van der Waals surface area contributed by atoms with E-state index in [9.17, 15) is 4.79 Å². The summed E-state index contributed by atoms with van der Waals surface area (Å²) in [7, 11) is 3.30. The lowest BCUT2D eigenvalue weighted by molar-refractivity contribution is 0.0606. The Kier molecular flexibility index (Phi) is 6.69. The molecule has 0 spiro atoms. The van der Waals surface area contributed by atoms with E-state index in [4.69, 9.17) is 9.47 Å². The molecule has 2 aromatic heterocycles. The molecule has 7 heteroatoms. The smallest absolute Gasteiger partial charge is 0.265 e. The van der Waals surface area contributed by atoms with Crippen LogP contribution in [-0.2, 0) is 6.42 Å². The number of nitrogens with zero attached hydrogens (tertiary/aromatic N) is 2. The first-order valence-electron chi connectivity index (χ1n) is 10.2. The standard InChI is InChI=1S/C23H26N2O3S2/c1-27-18-11-9-16(14-19(18)28-2)8-10-17-6-3-4-12-25(17)23(26)21-15-24-22(30-21)20-7-5-13-29-20/h5,7,9,11,13-15,17H,3-4,6,8,10,12H2,1-2H3. The molecule has 1 amide bonds. The Labute approximate surface area is 185 Å². The SMILES string of the molecule is COc1ccc(CCC2CCCCN2C(=O)c2cnc(-c3cccs3)s2)cc1OC. The molecule has 30 heavy (non-hydrogen) atoms. The third-order valence-corrected chi connectivity index (χ3v) is 7.58. The Morgan fingerprint density at radius 2 is 2.07 bits per heavy atom. The Balaban J connectivity index is 1.45. The predicted octanol–water partition coefficient (Wildman–Crippen LogP) is 5.52. The van der Waals surface area contributed by atoms with Gasteiger partial charge in [0.2, 0.25) is 0 Å². The van der Waals surface area contributed by atoms with Gasteiger partial charge < -0.3 is 14.4 Å². The van der Waals surface area contributed by atoms with Gasteiger partial charge in [0.1, 0.15) is 9.88 Å². The van der Waals surface area contributed by atoms with Crippen molar-refractivity contribution in [2.24, 2.45) is 0 Å². The van der Waals surface area contributed by atoms with Crippen molar-refractivity contribution in [3.8, 4) is 21.4 Å². The summed E-state index contributed by atoms with van der Waals surface area (Å²) in [6.45, 7) is 0.821. The van der Waals surface area contributed by atoms with E-state index in [1.165, 1.54) is 23.3 Å². The first-order valence-corrected chi connectivity index (χ1v) is 11.9. The van der Waals surface area contributed by atoms with Crippen LogP contribution >= 0.6 is 22.7 Å². The summed E-state index contributed by atoms with van der Waals surface area (Å²) in [5.41, 5.74) is 1.20. The molecule has 0 N–H and O–H groups in total. The van der Waals surface area contributed by atoms with Crippen molar-refractivity contribution in [1.82, 2.24) is 9.88 Å². The highest BCUT2D eigenvalue weighted by molar-refractivity contribution is 7.21. The van der Waals surface area contributed by atoms with Crippen LogP contribution in [0.5, 0.6) is 11.5 Å². The van der Waals surface area contributed by atoms with Crippen LogP contribution in [0.3, 0.4) is 0 Å². The van der Waals surface area contributed by atoms with Crippen LogP contribution in [0.1, 0.15) is 40.9 Å². The van der Waals surface area contributed by atoms with Crippen molar-refractivity contribution >= 4 is 28.6 Å². The van der Waals surface area contributed by atoms with Gasteiger partial charge in [0, 0.05) is 12.6 Å². The molecule has 1 aliphatic heterocycles. The average Bonchev–Trinajstić information content (AvgIpc) is 3.49. The van der Waals surface area contributed by atoms with E-state index in [2.05, 4.69) is 16.0 Å². The van der Waals surface area contributed by atoms with Gasteiger partial charge in [0.05, 0.1) is 25.3 Å². The maximum atomic E-state index is 13.3. The highest BCUT2D eigenvalue weighted by Crippen LogP contribution is 2.32. The van der Waals surface area contributed by atoms with Crippen molar-refractivity contribution in [2.45, 2.75) is 38.1 Å². The molecule has 1 fully saturated rings. The number of aromatic nitrogens is 1. The van der Waals surface area contributed by atoms with Gasteiger partial charge in [0.15, 0.2) is 11.5 Å². The number of likely N-dealkylation sites (tertiary alicyclic amines) is 1. The molecular weight excluding hydrogens is 416 g/mol. The highest BCUT2D eigenvalue weighted by atomic mass is 32.1. The van der Waals surface area contributed by atoms with E-state index < -0.39 is 0 Å². The van der Waals surface area contributed by atoms with Crippen LogP contribution in [0.15, 0.2) is 41.9 Å². The van der Waals surface area contributed by atoms with E-state index in [1.54, 1.807) is 31.8 Å². The lowest BCUT2D eigenvalue weighted by Gasteiger charge is -2.35. The van der Waals surface area contributed by atoms with Gasteiger partial charge in [-0.1, -0.05) is 12.1 Å². The second kappa shape index (κ2) is 9.62. The number of ether oxygens (including phenoxy) is 2. The Morgan fingerprint density at radius 1 is 1.20 bits per heavy atom. The van der Waals surface area contributed by atoms with E-state index in [-0.39, 0.29) is 11.9 Å². The second-order valence-corrected chi connectivity index (χ2v) is 9.36. The van der Waals surface area contributed by atoms with Gasteiger partial charge in [-0.3, -0.25) is 4.79 Å². The molecule has 1 unspecified atom stereocenters. The van der Waals surface area contributed by atoms with Crippen LogP contribution < -0.4 is 9.47 Å². The van der Waals surface area contributed by atoms with E-state index in [1.807, 2.05) is 29.6 Å². The van der Waals surface area contributed by atoms with Gasteiger partial charge >= 0.3 is 0 Å². The minimum absolute atomic E-state index is 0.118. The highest BCUT2D eigenvalue weighted by Gasteiger charge is 2.28. The molecule has 4 rings (SSSR count). The quantitative estimate of drug-likeness (QED) is 0.484. The summed E-state index contributed by atoms with van der Waals surface area (Å²) in [5, 5.41) is 2.96. The van der Waals surface area contributed by atoms with Crippen LogP contribution in [-0.4, -0.2) is 42.6 Å². The van der Waals surface area contributed by atoms with Gasteiger partial charge in [0.25, 0.3) is 5.91 Å². The molecule has 0 aliphatic carbocycles. The normalized spacial score (nSPS) is 16.5. The molecular formula is C23H26N2O3S2. The van der Waals surface area contributed by atoms with Crippen LogP contribution in [0.25, 0.3) is 9.88 Å². The molecule has 5 nitrogen and oxygen atoms in total. The number of piperidine rings is 1. The summed E-state index contributed by atoms with van der Waals surface area (Å²) in [5.74, 6) is 1.60. The number of thiophene rings is 1. The molecule has 0 radical (unpaired) electrons. The van der Waals surface area contributed by atoms with E-state index >= 15 is 0 Å². The van der Waals surface area contributed by atoms with Crippen molar-refractivity contribution in [3.05, 3.63) is 52.3 Å². The minimum atomic E-state index is 0.118. The first kappa shape index (κ1) is 20.9. The molecule has 1 aliphatic rings. The summed E-state index contributed by atoms with van der Waals surface area (Å²) in [6, 6.07) is 10.4. The van der Waals surface area contributed by atoms with Gasteiger partial charge in [-0.2, -0.15) is 0 Å². The molecule has 1 saturated heterocycles. The number of carbonyl (C=O) groups excluding carboxylic acids is 1. The maximum Gasteiger partial charge on any atom is 0.265 e. The largest absolute Gasteiger partial charge is 0.493 e.